The zero-order valence-corrected chi connectivity index (χ0v) is 14.5. The van der Waals surface area contributed by atoms with Crippen molar-refractivity contribution in [3.05, 3.63) is 62.1 Å². The van der Waals surface area contributed by atoms with E-state index < -0.39 is 5.91 Å². The molecule has 0 heterocycles. The molecule has 120 valence electrons. The minimum absolute atomic E-state index is 0.183. The molecule has 0 aliphatic rings. The molecule has 1 amide bonds. The van der Waals surface area contributed by atoms with Crippen LogP contribution in [0.25, 0.3) is 0 Å². The van der Waals surface area contributed by atoms with Crippen molar-refractivity contribution in [2.45, 2.75) is 0 Å². The van der Waals surface area contributed by atoms with Crippen molar-refractivity contribution < 1.29 is 9.53 Å². The maximum absolute atomic E-state index is 11.7. The van der Waals surface area contributed by atoms with Gasteiger partial charge in [-0.25, -0.2) is 5.43 Å². The Morgan fingerprint density at radius 2 is 1.74 bits per heavy atom. The molecule has 0 spiro atoms. The monoisotopic (exact) mass is 390 g/mol. The number of carbonyl (C=O) groups is 1. The normalized spacial score (nSPS) is 10.8. The fourth-order valence-electron chi connectivity index (χ4n) is 1.59. The van der Waals surface area contributed by atoms with E-state index in [0.717, 1.165) is 0 Å². The Labute approximate surface area is 152 Å². The molecule has 0 fully saturated rings. The molecule has 1 N–H and O–H groups in total. The first kappa shape index (κ1) is 17.9. The highest BCUT2D eigenvalue weighted by atomic mass is 35.5. The second-order valence-electron chi connectivity index (χ2n) is 4.30. The number of amides is 1. The number of hydrogen-bond acceptors (Lipinski definition) is 3. The summed E-state index contributed by atoms with van der Waals surface area (Å²) in [7, 11) is 0. The zero-order valence-electron chi connectivity index (χ0n) is 11.5. The number of nitrogens with zero attached hydrogens (tertiary/aromatic N) is 1. The van der Waals surface area contributed by atoms with Crippen LogP contribution >= 0.6 is 46.4 Å². The van der Waals surface area contributed by atoms with E-state index in [1.807, 2.05) is 6.07 Å². The van der Waals surface area contributed by atoms with Gasteiger partial charge in [-0.15, -0.1) is 0 Å². The van der Waals surface area contributed by atoms with Gasteiger partial charge in [0.15, 0.2) is 12.4 Å². The Balaban J connectivity index is 1.90. The highest BCUT2D eigenvalue weighted by Crippen LogP contribution is 2.35. The van der Waals surface area contributed by atoms with Crippen molar-refractivity contribution in [3.8, 4) is 5.75 Å². The SMILES string of the molecule is O=C(COc1c(Cl)cc(Cl)cc1Cl)N/N=C\c1ccccc1Cl. The van der Waals surface area contributed by atoms with Crippen molar-refractivity contribution >= 4 is 58.5 Å². The molecule has 0 unspecified atom stereocenters. The number of carbonyl (C=O) groups excluding carboxylic acids is 1. The van der Waals surface area contributed by atoms with Gasteiger partial charge in [0, 0.05) is 15.6 Å². The molecule has 0 saturated carbocycles. The van der Waals surface area contributed by atoms with Crippen LogP contribution in [0.1, 0.15) is 5.56 Å². The third kappa shape index (κ3) is 5.29. The third-order valence-corrected chi connectivity index (χ3v) is 3.73. The molecular formula is C15H10Cl4N2O2. The Morgan fingerprint density at radius 1 is 1.09 bits per heavy atom. The maximum Gasteiger partial charge on any atom is 0.277 e. The molecule has 0 aliphatic heterocycles. The van der Waals surface area contributed by atoms with Crippen LogP contribution in [0, 0.1) is 0 Å². The first-order valence-electron chi connectivity index (χ1n) is 6.31. The van der Waals surface area contributed by atoms with Crippen LogP contribution in [-0.2, 0) is 4.79 Å². The number of benzene rings is 2. The molecule has 4 nitrogen and oxygen atoms in total. The number of rotatable bonds is 5. The van der Waals surface area contributed by atoms with Gasteiger partial charge < -0.3 is 4.74 Å². The summed E-state index contributed by atoms with van der Waals surface area (Å²) in [6.45, 7) is -0.305. The lowest BCUT2D eigenvalue weighted by molar-refractivity contribution is -0.123. The zero-order chi connectivity index (χ0) is 16.8. The maximum atomic E-state index is 11.7. The first-order chi connectivity index (χ1) is 11.0. The Kier molecular flexibility index (Phi) is 6.54. The summed E-state index contributed by atoms with van der Waals surface area (Å²) in [6.07, 6.45) is 1.43. The summed E-state index contributed by atoms with van der Waals surface area (Å²) in [5, 5.41) is 5.14. The lowest BCUT2D eigenvalue weighted by atomic mass is 10.2. The fraction of sp³-hybridized carbons (Fsp3) is 0.0667. The number of nitrogens with one attached hydrogen (secondary N) is 1. The largest absolute Gasteiger partial charge is 0.481 e. The van der Waals surface area contributed by atoms with Gasteiger partial charge >= 0.3 is 0 Å². The molecule has 0 bridgehead atoms. The van der Waals surface area contributed by atoms with Crippen LogP contribution in [0.5, 0.6) is 5.75 Å². The van der Waals surface area contributed by atoms with Crippen molar-refractivity contribution in [3.63, 3.8) is 0 Å². The van der Waals surface area contributed by atoms with Crippen molar-refractivity contribution in [2.24, 2.45) is 5.10 Å². The van der Waals surface area contributed by atoms with Crippen molar-refractivity contribution in [1.29, 1.82) is 0 Å². The summed E-state index contributed by atoms with van der Waals surface area (Å²) in [4.78, 5) is 11.7. The molecule has 2 aromatic carbocycles. The van der Waals surface area contributed by atoms with Crippen molar-refractivity contribution in [2.75, 3.05) is 6.61 Å². The number of ether oxygens (including phenoxy) is 1. The minimum Gasteiger partial charge on any atom is -0.481 e. The second kappa shape index (κ2) is 8.41. The van der Waals surface area contributed by atoms with Gasteiger partial charge in [-0.1, -0.05) is 64.6 Å². The predicted octanol–water partition coefficient (Wildman–Crippen LogP) is 4.83. The van der Waals surface area contributed by atoms with Crippen LogP contribution in [0.2, 0.25) is 20.1 Å². The molecular weight excluding hydrogens is 382 g/mol. The number of hydrazone groups is 1. The Hall–Kier alpha value is -1.46. The molecule has 0 aromatic heterocycles. The molecule has 0 saturated heterocycles. The van der Waals surface area contributed by atoms with E-state index in [2.05, 4.69) is 10.5 Å². The molecule has 2 aromatic rings. The molecule has 0 atom stereocenters. The van der Waals surface area contributed by atoms with Gasteiger partial charge in [0.1, 0.15) is 0 Å². The highest BCUT2D eigenvalue weighted by molar-refractivity contribution is 6.40. The van der Waals surface area contributed by atoms with Gasteiger partial charge in [0.25, 0.3) is 5.91 Å². The van der Waals surface area contributed by atoms with Gasteiger partial charge in [0.05, 0.1) is 16.3 Å². The van der Waals surface area contributed by atoms with Crippen molar-refractivity contribution in [1.82, 2.24) is 5.43 Å². The van der Waals surface area contributed by atoms with Crippen LogP contribution in [0.3, 0.4) is 0 Å². The Bertz CT molecular complexity index is 727. The second-order valence-corrected chi connectivity index (χ2v) is 5.96. The van der Waals surface area contributed by atoms with Gasteiger partial charge in [-0.05, 0) is 18.2 Å². The quantitative estimate of drug-likeness (QED) is 0.586. The van der Waals surface area contributed by atoms with Crippen LogP contribution in [-0.4, -0.2) is 18.7 Å². The number of halogens is 4. The van der Waals surface area contributed by atoms with E-state index in [9.17, 15) is 4.79 Å². The van der Waals surface area contributed by atoms with Gasteiger partial charge in [-0.2, -0.15) is 5.10 Å². The minimum atomic E-state index is -0.476. The molecule has 0 radical (unpaired) electrons. The number of hydrogen-bond donors (Lipinski definition) is 1. The summed E-state index contributed by atoms with van der Waals surface area (Å²) in [5.74, 6) is -0.293. The van der Waals surface area contributed by atoms with Gasteiger partial charge in [0.2, 0.25) is 0 Å². The standard InChI is InChI=1S/C15H10Cl4N2O2/c16-10-5-12(18)15(13(19)6-10)23-8-14(22)21-20-7-9-3-1-2-4-11(9)17/h1-7H,8H2,(H,21,22)/b20-7-. The highest BCUT2D eigenvalue weighted by Gasteiger charge is 2.11. The molecule has 0 aliphatic carbocycles. The smallest absolute Gasteiger partial charge is 0.277 e. The lowest BCUT2D eigenvalue weighted by Gasteiger charge is -2.09. The summed E-state index contributed by atoms with van der Waals surface area (Å²) in [6, 6.07) is 10.0. The lowest BCUT2D eigenvalue weighted by Crippen LogP contribution is -2.24. The van der Waals surface area contributed by atoms with Crippen LogP contribution in [0.15, 0.2) is 41.5 Å². The Morgan fingerprint density at radius 3 is 2.39 bits per heavy atom. The summed E-state index contributed by atoms with van der Waals surface area (Å²) >= 11 is 23.7. The third-order valence-electron chi connectivity index (χ3n) is 2.61. The summed E-state index contributed by atoms with van der Waals surface area (Å²) in [5.41, 5.74) is 2.99. The first-order valence-corrected chi connectivity index (χ1v) is 7.82. The summed E-state index contributed by atoms with van der Waals surface area (Å²) < 4.78 is 5.28. The van der Waals surface area contributed by atoms with E-state index in [4.69, 9.17) is 51.1 Å². The van der Waals surface area contributed by atoms with Gasteiger partial charge in [-0.3, -0.25) is 4.79 Å². The van der Waals surface area contributed by atoms with E-state index in [1.165, 1.54) is 18.3 Å². The van der Waals surface area contributed by atoms with E-state index in [1.54, 1.807) is 18.2 Å². The predicted molar refractivity (Wildman–Crippen MR) is 94.2 cm³/mol. The van der Waals surface area contributed by atoms with E-state index >= 15 is 0 Å². The average Bonchev–Trinajstić information content (AvgIpc) is 2.48. The van der Waals surface area contributed by atoms with Crippen LogP contribution in [0.4, 0.5) is 0 Å². The van der Waals surface area contributed by atoms with E-state index in [0.29, 0.717) is 15.6 Å². The van der Waals surface area contributed by atoms with E-state index in [-0.39, 0.29) is 22.4 Å². The molecule has 23 heavy (non-hydrogen) atoms. The molecule has 8 heteroatoms. The average molecular weight is 392 g/mol. The fourth-order valence-corrected chi connectivity index (χ4v) is 2.70. The topological polar surface area (TPSA) is 50.7 Å². The molecule has 2 rings (SSSR count). The van der Waals surface area contributed by atoms with Crippen LogP contribution < -0.4 is 10.2 Å².